The minimum Gasteiger partial charge on any atom is -0.483 e. The first-order valence-electron chi connectivity index (χ1n) is 13.1. The van der Waals surface area contributed by atoms with Crippen LogP contribution in [0.2, 0.25) is 0 Å². The van der Waals surface area contributed by atoms with Gasteiger partial charge in [0.05, 0.1) is 37.3 Å². The smallest absolute Gasteiger partial charge is 0.255 e. The summed E-state index contributed by atoms with van der Waals surface area (Å²) in [5, 5.41) is 6.01. The summed E-state index contributed by atoms with van der Waals surface area (Å²) in [6.07, 6.45) is 3.26. The predicted octanol–water partition coefficient (Wildman–Crippen LogP) is 1.83. The maximum absolute atomic E-state index is 13.5. The molecule has 6 rings (SSSR count). The van der Waals surface area contributed by atoms with E-state index in [1.54, 1.807) is 12.1 Å². The lowest BCUT2D eigenvalue weighted by Crippen LogP contribution is -2.61. The van der Waals surface area contributed by atoms with Crippen LogP contribution in [0.4, 0.5) is 0 Å². The molecule has 4 aliphatic heterocycles. The molecule has 2 aromatic carbocycles. The lowest BCUT2D eigenvalue weighted by atomic mass is 9.91. The normalized spacial score (nSPS) is 27.6. The molecule has 2 atom stereocenters. The number of carbonyl (C=O) groups excluding carboxylic acids is 3. The molecule has 4 aliphatic rings. The van der Waals surface area contributed by atoms with Gasteiger partial charge < -0.3 is 25.0 Å². The first kappa shape index (κ1) is 23.8. The molecule has 2 N–H and O–H groups in total. The number of carbonyl (C=O) groups is 3. The summed E-state index contributed by atoms with van der Waals surface area (Å²) in [6.45, 7) is 3.50. The zero-order valence-electron chi connectivity index (χ0n) is 20.8. The summed E-state index contributed by atoms with van der Waals surface area (Å²) in [5.74, 6) is 0.929. The van der Waals surface area contributed by atoms with Crippen LogP contribution in [0.5, 0.6) is 11.5 Å². The SMILES string of the molecule is O=C1NC[C@]2(CCCN(CC(=O)N3CCC[C@@]4(CNC(=O)c5ccccc5O4)C3)C2)Oc2ccccc21. The summed E-state index contributed by atoms with van der Waals surface area (Å²) >= 11 is 0. The highest BCUT2D eigenvalue weighted by atomic mass is 16.5. The lowest BCUT2D eigenvalue weighted by molar-refractivity contribution is -0.139. The molecular formula is C28H32N4O5. The van der Waals surface area contributed by atoms with Gasteiger partial charge in [-0.15, -0.1) is 0 Å². The van der Waals surface area contributed by atoms with E-state index in [1.165, 1.54) is 0 Å². The van der Waals surface area contributed by atoms with E-state index in [9.17, 15) is 14.4 Å². The van der Waals surface area contributed by atoms with Gasteiger partial charge in [0.15, 0.2) is 0 Å². The van der Waals surface area contributed by atoms with Crippen molar-refractivity contribution in [3.05, 3.63) is 59.7 Å². The molecule has 0 aliphatic carbocycles. The van der Waals surface area contributed by atoms with Gasteiger partial charge in [-0.05, 0) is 56.5 Å². The van der Waals surface area contributed by atoms with E-state index in [2.05, 4.69) is 15.5 Å². The Bertz CT molecular complexity index is 1230. The highest BCUT2D eigenvalue weighted by Gasteiger charge is 2.44. The highest BCUT2D eigenvalue weighted by molar-refractivity contribution is 5.98. The van der Waals surface area contributed by atoms with Gasteiger partial charge in [-0.2, -0.15) is 0 Å². The van der Waals surface area contributed by atoms with Crippen LogP contribution < -0.4 is 20.1 Å². The van der Waals surface area contributed by atoms with Crippen LogP contribution in [0.15, 0.2) is 48.5 Å². The van der Waals surface area contributed by atoms with E-state index in [0.29, 0.717) is 55.3 Å². The van der Waals surface area contributed by atoms with Crippen LogP contribution in [0.25, 0.3) is 0 Å². The van der Waals surface area contributed by atoms with Crippen molar-refractivity contribution in [3.63, 3.8) is 0 Å². The third kappa shape index (κ3) is 4.64. The minimum absolute atomic E-state index is 0.0432. The second kappa shape index (κ2) is 9.37. The summed E-state index contributed by atoms with van der Waals surface area (Å²) < 4.78 is 12.9. The third-order valence-electron chi connectivity index (χ3n) is 7.93. The van der Waals surface area contributed by atoms with Crippen molar-refractivity contribution in [2.75, 3.05) is 45.8 Å². The van der Waals surface area contributed by atoms with Crippen molar-refractivity contribution in [1.29, 1.82) is 0 Å². The van der Waals surface area contributed by atoms with Crippen molar-refractivity contribution < 1.29 is 23.9 Å². The zero-order valence-corrected chi connectivity index (χ0v) is 20.8. The summed E-state index contributed by atoms with van der Waals surface area (Å²) in [7, 11) is 0. The van der Waals surface area contributed by atoms with Crippen molar-refractivity contribution in [2.45, 2.75) is 36.9 Å². The Kier molecular flexibility index (Phi) is 6.03. The molecule has 37 heavy (non-hydrogen) atoms. The number of piperidine rings is 2. The van der Waals surface area contributed by atoms with Gasteiger partial charge in [0.1, 0.15) is 22.7 Å². The van der Waals surface area contributed by atoms with Gasteiger partial charge >= 0.3 is 0 Å². The van der Waals surface area contributed by atoms with Gasteiger partial charge in [-0.1, -0.05) is 24.3 Å². The molecule has 3 amide bonds. The number of ether oxygens (including phenoxy) is 2. The van der Waals surface area contributed by atoms with Gasteiger partial charge in [0.25, 0.3) is 11.8 Å². The Morgan fingerprint density at radius 1 is 0.784 bits per heavy atom. The molecule has 2 fully saturated rings. The molecule has 9 nitrogen and oxygen atoms in total. The standard InChI is InChI=1S/C28H32N4O5/c33-24(32-14-6-12-28(19-32)17-30-26(35)21-8-2-4-10-23(21)37-28)15-31-13-5-11-27(18-31)16-29-25(34)20-7-1-3-9-22(20)36-27/h1-4,7-10H,5-6,11-19H2,(H,29,34)(H,30,35)/t27-,28+/m0/s1. The Balaban J connectivity index is 1.14. The van der Waals surface area contributed by atoms with Crippen molar-refractivity contribution in [2.24, 2.45) is 0 Å². The molecule has 4 heterocycles. The quantitative estimate of drug-likeness (QED) is 0.648. The number of hydrogen-bond donors (Lipinski definition) is 2. The van der Waals surface area contributed by atoms with Crippen LogP contribution in [-0.2, 0) is 4.79 Å². The van der Waals surface area contributed by atoms with E-state index < -0.39 is 11.2 Å². The predicted molar refractivity (Wildman–Crippen MR) is 136 cm³/mol. The Labute approximate surface area is 216 Å². The molecule has 0 saturated carbocycles. The molecule has 0 radical (unpaired) electrons. The van der Waals surface area contributed by atoms with E-state index >= 15 is 0 Å². The molecule has 2 spiro atoms. The number of rotatable bonds is 2. The second-order valence-electron chi connectivity index (χ2n) is 10.7. The first-order valence-corrected chi connectivity index (χ1v) is 13.1. The highest BCUT2D eigenvalue weighted by Crippen LogP contribution is 2.34. The molecule has 0 unspecified atom stereocenters. The topological polar surface area (TPSA) is 100 Å². The fourth-order valence-corrected chi connectivity index (χ4v) is 6.08. The molecule has 0 aromatic heterocycles. The molecule has 2 saturated heterocycles. The van der Waals surface area contributed by atoms with Gasteiger partial charge in [0.2, 0.25) is 5.91 Å². The van der Waals surface area contributed by atoms with Gasteiger partial charge in [-0.25, -0.2) is 0 Å². The average Bonchev–Trinajstić information content (AvgIpc) is 3.12. The van der Waals surface area contributed by atoms with Crippen LogP contribution in [0, 0.1) is 0 Å². The maximum Gasteiger partial charge on any atom is 0.255 e. The van der Waals surface area contributed by atoms with Gasteiger partial charge in [-0.3, -0.25) is 19.3 Å². The number of amides is 3. The number of nitrogens with one attached hydrogen (secondary N) is 2. The minimum atomic E-state index is -0.641. The molecule has 2 aromatic rings. The van der Waals surface area contributed by atoms with E-state index in [4.69, 9.17) is 9.47 Å². The fraction of sp³-hybridized carbons (Fsp3) is 0.464. The number of hydrogen-bond acceptors (Lipinski definition) is 6. The van der Waals surface area contributed by atoms with Crippen molar-refractivity contribution >= 4 is 17.7 Å². The number of fused-ring (bicyclic) bond motifs is 2. The average molecular weight is 505 g/mol. The van der Waals surface area contributed by atoms with Crippen LogP contribution >= 0.6 is 0 Å². The summed E-state index contributed by atoms with van der Waals surface area (Å²) in [5.41, 5.74) is -0.137. The maximum atomic E-state index is 13.5. The van der Waals surface area contributed by atoms with E-state index in [-0.39, 0.29) is 24.3 Å². The second-order valence-corrected chi connectivity index (χ2v) is 10.7. The number of para-hydroxylation sites is 2. The number of benzene rings is 2. The van der Waals surface area contributed by atoms with Crippen LogP contribution in [-0.4, -0.2) is 84.5 Å². The number of nitrogens with zero attached hydrogens (tertiary/aromatic N) is 2. The Morgan fingerprint density at radius 2 is 1.32 bits per heavy atom. The molecule has 0 bridgehead atoms. The van der Waals surface area contributed by atoms with Crippen molar-refractivity contribution in [3.8, 4) is 11.5 Å². The largest absolute Gasteiger partial charge is 0.483 e. The summed E-state index contributed by atoms with van der Waals surface area (Å²) in [4.78, 5) is 42.6. The van der Waals surface area contributed by atoms with E-state index in [0.717, 1.165) is 32.2 Å². The fourth-order valence-electron chi connectivity index (χ4n) is 6.08. The number of likely N-dealkylation sites (tertiary alicyclic amines) is 2. The van der Waals surface area contributed by atoms with E-state index in [1.807, 2.05) is 41.3 Å². The van der Waals surface area contributed by atoms with Crippen LogP contribution in [0.3, 0.4) is 0 Å². The molecule has 194 valence electrons. The Morgan fingerprint density at radius 3 is 1.95 bits per heavy atom. The lowest BCUT2D eigenvalue weighted by Gasteiger charge is -2.44. The monoisotopic (exact) mass is 504 g/mol. The zero-order chi connectivity index (χ0) is 25.5. The first-order chi connectivity index (χ1) is 17.9. The molecular weight excluding hydrogens is 472 g/mol. The van der Waals surface area contributed by atoms with Gasteiger partial charge in [0, 0.05) is 13.1 Å². The van der Waals surface area contributed by atoms with Crippen LogP contribution in [0.1, 0.15) is 46.4 Å². The Hall–Kier alpha value is -3.59. The van der Waals surface area contributed by atoms with Crippen molar-refractivity contribution in [1.82, 2.24) is 20.4 Å². The molecule has 9 heteroatoms. The summed E-state index contributed by atoms with van der Waals surface area (Å²) in [6, 6.07) is 14.6. The third-order valence-corrected chi connectivity index (χ3v) is 7.93.